The fourth-order valence-corrected chi connectivity index (χ4v) is 3.57. The van der Waals surface area contributed by atoms with Crippen molar-refractivity contribution >= 4 is 5.97 Å². The summed E-state index contributed by atoms with van der Waals surface area (Å²) in [5.74, 6) is 0.581. The third kappa shape index (κ3) is 8.49. The lowest BCUT2D eigenvalue weighted by molar-refractivity contribution is -0.255. The molecule has 27 heavy (non-hydrogen) atoms. The molecule has 0 amide bonds. The van der Waals surface area contributed by atoms with E-state index >= 15 is 0 Å². The van der Waals surface area contributed by atoms with Crippen LogP contribution in [0.15, 0.2) is 0 Å². The number of carbonyl (C=O) groups excluding carboxylic acids is 1. The molecule has 0 aliphatic carbocycles. The zero-order chi connectivity index (χ0) is 20.4. The van der Waals surface area contributed by atoms with Crippen LogP contribution in [-0.4, -0.2) is 42.3 Å². The fraction of sp³-hybridized carbons (Fsp3) is 0.955. The molecule has 5 heteroatoms. The van der Waals surface area contributed by atoms with Gasteiger partial charge < -0.3 is 19.3 Å². The van der Waals surface area contributed by atoms with Crippen LogP contribution in [0.5, 0.6) is 0 Å². The van der Waals surface area contributed by atoms with Crippen LogP contribution < -0.4 is 0 Å². The standard InChI is InChI=1S/C22H42O5/c1-7-18(8-2)14-25-21(24)19(9-3)12-10-11-16(5)26-22-15(4)13-20(23)17(6)27-22/h15-20,22-23H,7-14H2,1-6H3/t15-,16-,17+,19+,20?,22?/m1/s1. The summed E-state index contributed by atoms with van der Waals surface area (Å²) in [5, 5.41) is 9.87. The SMILES string of the molecule is CCC(CC)COC(=O)[C@@H](CC)CCC[C@@H](C)OC1O[C@@H](C)C(O)C[C@H]1C. The lowest BCUT2D eigenvalue weighted by atomic mass is 9.96. The highest BCUT2D eigenvalue weighted by Gasteiger charge is 2.33. The number of ether oxygens (including phenoxy) is 3. The molecule has 2 unspecified atom stereocenters. The molecular weight excluding hydrogens is 344 g/mol. The Bertz CT molecular complexity index is 410. The van der Waals surface area contributed by atoms with Crippen molar-refractivity contribution in [1.29, 1.82) is 0 Å². The molecule has 1 saturated heterocycles. The number of carbonyl (C=O) groups is 1. The van der Waals surface area contributed by atoms with Crippen LogP contribution in [0.3, 0.4) is 0 Å². The van der Waals surface area contributed by atoms with Crippen LogP contribution in [-0.2, 0) is 19.0 Å². The molecular formula is C22H42O5. The third-order valence-corrected chi connectivity index (χ3v) is 5.94. The monoisotopic (exact) mass is 386 g/mol. The zero-order valence-electron chi connectivity index (χ0n) is 18.3. The third-order valence-electron chi connectivity index (χ3n) is 5.94. The molecule has 0 radical (unpaired) electrons. The molecule has 1 aliphatic heterocycles. The lowest BCUT2D eigenvalue weighted by Crippen LogP contribution is -2.44. The van der Waals surface area contributed by atoms with Crippen LogP contribution in [0.4, 0.5) is 0 Å². The van der Waals surface area contributed by atoms with Gasteiger partial charge in [-0.25, -0.2) is 0 Å². The van der Waals surface area contributed by atoms with Crippen molar-refractivity contribution in [3.05, 3.63) is 0 Å². The molecule has 1 rings (SSSR count). The number of hydrogen-bond donors (Lipinski definition) is 1. The molecule has 160 valence electrons. The Kier molecular flexibility index (Phi) is 11.5. The van der Waals surface area contributed by atoms with Crippen LogP contribution >= 0.6 is 0 Å². The number of rotatable bonds is 12. The first-order valence-electron chi connectivity index (χ1n) is 11.0. The summed E-state index contributed by atoms with van der Waals surface area (Å²) in [5.41, 5.74) is 0. The highest BCUT2D eigenvalue weighted by atomic mass is 16.7. The van der Waals surface area contributed by atoms with E-state index in [1.54, 1.807) is 0 Å². The summed E-state index contributed by atoms with van der Waals surface area (Å²) < 4.78 is 17.4. The van der Waals surface area contributed by atoms with E-state index in [0.717, 1.165) is 38.5 Å². The van der Waals surface area contributed by atoms with Gasteiger partial charge in [-0.15, -0.1) is 0 Å². The molecule has 1 aliphatic rings. The highest BCUT2D eigenvalue weighted by Crippen LogP contribution is 2.27. The average Bonchev–Trinajstić information content (AvgIpc) is 2.64. The van der Waals surface area contributed by atoms with Gasteiger partial charge in [0.05, 0.1) is 30.8 Å². The van der Waals surface area contributed by atoms with Crippen molar-refractivity contribution in [1.82, 2.24) is 0 Å². The van der Waals surface area contributed by atoms with E-state index in [-0.39, 0.29) is 36.3 Å². The Labute approximate surface area is 166 Å². The van der Waals surface area contributed by atoms with Gasteiger partial charge in [-0.05, 0) is 45.4 Å². The van der Waals surface area contributed by atoms with Gasteiger partial charge in [-0.3, -0.25) is 4.79 Å². The van der Waals surface area contributed by atoms with Gasteiger partial charge in [-0.2, -0.15) is 0 Å². The minimum absolute atomic E-state index is 0.0217. The van der Waals surface area contributed by atoms with E-state index < -0.39 is 6.10 Å². The quantitative estimate of drug-likeness (QED) is 0.493. The number of aliphatic hydroxyl groups is 1. The molecule has 0 spiro atoms. The smallest absolute Gasteiger partial charge is 0.308 e. The summed E-state index contributed by atoms with van der Waals surface area (Å²) in [4.78, 5) is 12.3. The number of esters is 1. The van der Waals surface area contributed by atoms with Crippen LogP contribution in [0.2, 0.25) is 0 Å². The summed E-state index contributed by atoms with van der Waals surface area (Å²) in [6.07, 6.45) is 5.48. The molecule has 0 bridgehead atoms. The maximum Gasteiger partial charge on any atom is 0.308 e. The molecule has 1 N–H and O–H groups in total. The van der Waals surface area contributed by atoms with E-state index in [1.807, 2.05) is 13.8 Å². The maximum atomic E-state index is 12.3. The topological polar surface area (TPSA) is 65.0 Å². The Morgan fingerprint density at radius 3 is 2.41 bits per heavy atom. The molecule has 6 atom stereocenters. The maximum absolute atomic E-state index is 12.3. The van der Waals surface area contributed by atoms with Crippen LogP contribution in [0.25, 0.3) is 0 Å². The highest BCUT2D eigenvalue weighted by molar-refractivity contribution is 5.72. The van der Waals surface area contributed by atoms with Gasteiger partial charge >= 0.3 is 5.97 Å². The van der Waals surface area contributed by atoms with Crippen LogP contribution in [0.1, 0.15) is 86.5 Å². The van der Waals surface area contributed by atoms with Gasteiger partial charge in [0.15, 0.2) is 6.29 Å². The summed E-state index contributed by atoms with van der Waals surface area (Å²) in [7, 11) is 0. The van der Waals surface area contributed by atoms with Crippen molar-refractivity contribution in [2.75, 3.05) is 6.61 Å². The predicted octanol–water partition coefficient (Wildman–Crippen LogP) is 4.70. The average molecular weight is 387 g/mol. The molecule has 1 heterocycles. The van der Waals surface area contributed by atoms with E-state index in [2.05, 4.69) is 27.7 Å². The number of aliphatic hydroxyl groups excluding tert-OH is 1. The Morgan fingerprint density at radius 1 is 1.15 bits per heavy atom. The van der Waals surface area contributed by atoms with Gasteiger partial charge in [0.2, 0.25) is 0 Å². The summed E-state index contributed by atoms with van der Waals surface area (Å²) in [6, 6.07) is 0. The van der Waals surface area contributed by atoms with Crippen molar-refractivity contribution in [2.45, 2.75) is 111 Å². The normalized spacial score (nSPS) is 28.1. The van der Waals surface area contributed by atoms with Crippen molar-refractivity contribution < 1.29 is 24.1 Å². The van der Waals surface area contributed by atoms with E-state index in [0.29, 0.717) is 18.9 Å². The molecule has 1 fully saturated rings. The largest absolute Gasteiger partial charge is 0.465 e. The second kappa shape index (κ2) is 12.7. The Balaban J connectivity index is 2.31. The summed E-state index contributed by atoms with van der Waals surface area (Å²) in [6.45, 7) is 12.9. The van der Waals surface area contributed by atoms with E-state index in [9.17, 15) is 9.90 Å². The fourth-order valence-electron chi connectivity index (χ4n) is 3.57. The van der Waals surface area contributed by atoms with E-state index in [1.165, 1.54) is 0 Å². The Hall–Kier alpha value is -0.650. The zero-order valence-corrected chi connectivity index (χ0v) is 18.3. The second-order valence-corrected chi connectivity index (χ2v) is 8.29. The van der Waals surface area contributed by atoms with Gasteiger partial charge in [0, 0.05) is 5.92 Å². The molecule has 0 aromatic heterocycles. The lowest BCUT2D eigenvalue weighted by Gasteiger charge is -2.37. The minimum atomic E-state index is -0.411. The van der Waals surface area contributed by atoms with Gasteiger partial charge in [0.1, 0.15) is 0 Å². The molecule has 0 aromatic rings. The molecule has 0 saturated carbocycles. The van der Waals surface area contributed by atoms with Crippen LogP contribution in [0, 0.1) is 17.8 Å². The second-order valence-electron chi connectivity index (χ2n) is 8.29. The predicted molar refractivity (Wildman–Crippen MR) is 107 cm³/mol. The van der Waals surface area contributed by atoms with Crippen molar-refractivity contribution in [2.24, 2.45) is 17.8 Å². The van der Waals surface area contributed by atoms with Crippen molar-refractivity contribution in [3.63, 3.8) is 0 Å². The molecule has 5 nitrogen and oxygen atoms in total. The number of hydrogen-bond acceptors (Lipinski definition) is 5. The molecule has 0 aromatic carbocycles. The first-order chi connectivity index (χ1) is 12.8. The van der Waals surface area contributed by atoms with Crippen molar-refractivity contribution in [3.8, 4) is 0 Å². The first-order valence-corrected chi connectivity index (χ1v) is 11.0. The van der Waals surface area contributed by atoms with Gasteiger partial charge in [0.25, 0.3) is 0 Å². The van der Waals surface area contributed by atoms with E-state index in [4.69, 9.17) is 14.2 Å². The Morgan fingerprint density at radius 2 is 1.81 bits per heavy atom. The minimum Gasteiger partial charge on any atom is -0.465 e. The van der Waals surface area contributed by atoms with Gasteiger partial charge in [-0.1, -0.05) is 47.0 Å². The first kappa shape index (κ1) is 24.4. The summed E-state index contributed by atoms with van der Waals surface area (Å²) >= 11 is 0.